The van der Waals surface area contributed by atoms with Crippen molar-refractivity contribution in [3.63, 3.8) is 0 Å². The molecule has 0 aliphatic carbocycles. The van der Waals surface area contributed by atoms with Crippen molar-refractivity contribution in [1.82, 2.24) is 9.55 Å². The predicted molar refractivity (Wildman–Crippen MR) is 89.9 cm³/mol. The molecule has 4 nitrogen and oxygen atoms in total. The van der Waals surface area contributed by atoms with Crippen molar-refractivity contribution < 1.29 is 4.74 Å². The van der Waals surface area contributed by atoms with Gasteiger partial charge in [0.25, 0.3) is 0 Å². The van der Waals surface area contributed by atoms with Gasteiger partial charge in [-0.2, -0.15) is 0 Å². The molecule has 0 saturated carbocycles. The van der Waals surface area contributed by atoms with E-state index in [9.17, 15) is 0 Å². The van der Waals surface area contributed by atoms with Crippen LogP contribution < -0.4 is 5.32 Å². The Labute approximate surface area is 130 Å². The Hall–Kier alpha value is -2.33. The van der Waals surface area contributed by atoms with E-state index >= 15 is 0 Å². The van der Waals surface area contributed by atoms with Gasteiger partial charge in [0.15, 0.2) is 0 Å². The first-order valence-electron chi connectivity index (χ1n) is 7.46. The highest BCUT2D eigenvalue weighted by Crippen LogP contribution is 2.20. The van der Waals surface area contributed by atoms with Gasteiger partial charge in [-0.05, 0) is 36.8 Å². The molecule has 1 unspecified atom stereocenters. The molecule has 114 valence electrons. The van der Waals surface area contributed by atoms with Crippen LogP contribution in [0.1, 0.15) is 24.4 Å². The van der Waals surface area contributed by atoms with Gasteiger partial charge in [-0.1, -0.05) is 24.3 Å². The van der Waals surface area contributed by atoms with Crippen LogP contribution in [0.5, 0.6) is 0 Å². The second-order valence-electron chi connectivity index (χ2n) is 5.43. The van der Waals surface area contributed by atoms with E-state index in [4.69, 9.17) is 4.74 Å². The first-order chi connectivity index (χ1) is 10.7. The summed E-state index contributed by atoms with van der Waals surface area (Å²) in [6.07, 6.45) is 0.0949. The lowest BCUT2D eigenvalue weighted by molar-refractivity contribution is 0.119. The fraction of sp³-hybridized carbons (Fsp3) is 0.278. The fourth-order valence-electron chi connectivity index (χ4n) is 2.57. The van der Waals surface area contributed by atoms with Gasteiger partial charge in [0.05, 0.1) is 23.7 Å². The highest BCUT2D eigenvalue weighted by molar-refractivity contribution is 5.75. The van der Waals surface area contributed by atoms with Gasteiger partial charge in [0.1, 0.15) is 5.82 Å². The SMILES string of the molecule is COC(C)c1cccc(NCc2nc3ccccc3n2C)c1. The molecule has 2 aromatic carbocycles. The van der Waals surface area contributed by atoms with Gasteiger partial charge in [-0.3, -0.25) is 0 Å². The zero-order chi connectivity index (χ0) is 15.5. The van der Waals surface area contributed by atoms with Crippen LogP contribution in [0.2, 0.25) is 0 Å². The lowest BCUT2D eigenvalue weighted by atomic mass is 10.1. The molecule has 4 heteroatoms. The zero-order valence-corrected chi connectivity index (χ0v) is 13.2. The Morgan fingerprint density at radius 3 is 2.77 bits per heavy atom. The zero-order valence-electron chi connectivity index (χ0n) is 13.2. The van der Waals surface area contributed by atoms with Crippen LogP contribution >= 0.6 is 0 Å². The Morgan fingerprint density at radius 2 is 2.00 bits per heavy atom. The number of para-hydroxylation sites is 2. The number of aromatic nitrogens is 2. The summed E-state index contributed by atoms with van der Waals surface area (Å²) in [4.78, 5) is 4.68. The smallest absolute Gasteiger partial charge is 0.128 e. The van der Waals surface area contributed by atoms with Crippen molar-refractivity contribution in [3.05, 3.63) is 59.9 Å². The van der Waals surface area contributed by atoms with E-state index in [0.29, 0.717) is 6.54 Å². The first-order valence-corrected chi connectivity index (χ1v) is 7.46. The van der Waals surface area contributed by atoms with Crippen molar-refractivity contribution >= 4 is 16.7 Å². The maximum Gasteiger partial charge on any atom is 0.128 e. The van der Waals surface area contributed by atoms with Crippen molar-refractivity contribution in [2.75, 3.05) is 12.4 Å². The number of hydrogen-bond acceptors (Lipinski definition) is 3. The lowest BCUT2D eigenvalue weighted by Gasteiger charge is -2.12. The van der Waals surface area contributed by atoms with Gasteiger partial charge >= 0.3 is 0 Å². The monoisotopic (exact) mass is 295 g/mol. The normalized spacial score (nSPS) is 12.5. The van der Waals surface area contributed by atoms with Crippen molar-refractivity contribution in [2.24, 2.45) is 7.05 Å². The summed E-state index contributed by atoms with van der Waals surface area (Å²) >= 11 is 0. The van der Waals surface area contributed by atoms with Crippen LogP contribution in [0.25, 0.3) is 11.0 Å². The Morgan fingerprint density at radius 1 is 1.18 bits per heavy atom. The average Bonchev–Trinajstić information content (AvgIpc) is 2.89. The molecule has 1 N–H and O–H groups in total. The van der Waals surface area contributed by atoms with E-state index in [-0.39, 0.29) is 6.10 Å². The molecule has 0 saturated heterocycles. The maximum absolute atomic E-state index is 5.37. The van der Waals surface area contributed by atoms with E-state index in [1.165, 1.54) is 0 Å². The lowest BCUT2D eigenvalue weighted by Crippen LogP contribution is -2.06. The molecule has 0 aliphatic heterocycles. The predicted octanol–water partition coefficient (Wildman–Crippen LogP) is 3.89. The summed E-state index contributed by atoms with van der Waals surface area (Å²) < 4.78 is 7.50. The number of hydrogen-bond donors (Lipinski definition) is 1. The minimum absolute atomic E-state index is 0.0949. The third-order valence-electron chi connectivity index (χ3n) is 4.04. The third-order valence-corrected chi connectivity index (χ3v) is 4.04. The van der Waals surface area contributed by atoms with Gasteiger partial charge in [-0.15, -0.1) is 0 Å². The van der Waals surface area contributed by atoms with Crippen LogP contribution in [0.3, 0.4) is 0 Å². The molecule has 0 radical (unpaired) electrons. The van der Waals surface area contributed by atoms with Crippen LogP contribution in [-0.2, 0) is 18.3 Å². The summed E-state index contributed by atoms with van der Waals surface area (Å²) in [5.41, 5.74) is 4.43. The fourth-order valence-corrected chi connectivity index (χ4v) is 2.57. The second-order valence-corrected chi connectivity index (χ2v) is 5.43. The Bertz CT molecular complexity index is 779. The summed E-state index contributed by atoms with van der Waals surface area (Å²) in [5, 5.41) is 3.44. The minimum Gasteiger partial charge on any atom is -0.378 e. The molecule has 0 fully saturated rings. The van der Waals surface area contributed by atoms with Crippen LogP contribution in [0.4, 0.5) is 5.69 Å². The number of methoxy groups -OCH3 is 1. The van der Waals surface area contributed by atoms with E-state index < -0.39 is 0 Å². The van der Waals surface area contributed by atoms with Crippen molar-refractivity contribution in [1.29, 1.82) is 0 Å². The van der Waals surface area contributed by atoms with E-state index in [0.717, 1.165) is 28.1 Å². The van der Waals surface area contributed by atoms with Crippen molar-refractivity contribution in [2.45, 2.75) is 19.6 Å². The highest BCUT2D eigenvalue weighted by Gasteiger charge is 2.08. The molecule has 1 atom stereocenters. The van der Waals surface area contributed by atoms with Crippen LogP contribution in [0, 0.1) is 0 Å². The number of aryl methyl sites for hydroxylation is 1. The van der Waals surface area contributed by atoms with E-state index in [1.807, 2.05) is 31.2 Å². The number of ether oxygens (including phenoxy) is 1. The molecule has 1 aromatic heterocycles. The summed E-state index contributed by atoms with van der Waals surface area (Å²) in [5.74, 6) is 1.02. The molecule has 22 heavy (non-hydrogen) atoms. The van der Waals surface area contributed by atoms with Crippen LogP contribution in [0.15, 0.2) is 48.5 Å². The Balaban J connectivity index is 1.78. The summed E-state index contributed by atoms with van der Waals surface area (Å²) in [6.45, 7) is 2.74. The van der Waals surface area contributed by atoms with Gasteiger partial charge in [-0.25, -0.2) is 4.98 Å². The topological polar surface area (TPSA) is 39.1 Å². The molecular formula is C18H21N3O. The number of fused-ring (bicyclic) bond motifs is 1. The van der Waals surface area contributed by atoms with Gasteiger partial charge in [0, 0.05) is 19.8 Å². The number of nitrogens with zero attached hydrogens (tertiary/aromatic N) is 2. The largest absolute Gasteiger partial charge is 0.378 e. The van der Waals surface area contributed by atoms with Crippen LogP contribution in [-0.4, -0.2) is 16.7 Å². The molecule has 3 aromatic rings. The quantitative estimate of drug-likeness (QED) is 0.776. The van der Waals surface area contributed by atoms with Gasteiger partial charge in [0.2, 0.25) is 0 Å². The number of nitrogens with one attached hydrogen (secondary N) is 1. The average molecular weight is 295 g/mol. The Kier molecular flexibility index (Phi) is 4.11. The summed E-state index contributed by atoms with van der Waals surface area (Å²) in [7, 11) is 3.78. The van der Waals surface area contributed by atoms with Gasteiger partial charge < -0.3 is 14.6 Å². The molecule has 1 heterocycles. The van der Waals surface area contributed by atoms with Crippen molar-refractivity contribution in [3.8, 4) is 0 Å². The molecule has 0 aliphatic rings. The number of anilines is 1. The molecule has 0 bridgehead atoms. The maximum atomic E-state index is 5.37. The molecule has 0 amide bonds. The highest BCUT2D eigenvalue weighted by atomic mass is 16.5. The van der Waals surface area contributed by atoms with E-state index in [1.54, 1.807) is 7.11 Å². The number of benzene rings is 2. The first kappa shape index (κ1) is 14.6. The van der Waals surface area contributed by atoms with E-state index in [2.05, 4.69) is 46.2 Å². The number of rotatable bonds is 5. The minimum atomic E-state index is 0.0949. The standard InChI is InChI=1S/C18H21N3O/c1-13(22-3)14-7-6-8-15(11-14)19-12-18-20-16-9-4-5-10-17(16)21(18)2/h4-11,13,19H,12H2,1-3H3. The molecule has 3 rings (SSSR count). The number of imidazole rings is 1. The summed E-state index contributed by atoms with van der Waals surface area (Å²) in [6, 6.07) is 16.5. The third kappa shape index (κ3) is 2.83. The molecule has 0 spiro atoms. The second kappa shape index (κ2) is 6.20. The molecular weight excluding hydrogens is 274 g/mol.